The summed E-state index contributed by atoms with van der Waals surface area (Å²) in [6, 6.07) is 1.94. The zero-order valence-corrected chi connectivity index (χ0v) is 9.82. The minimum absolute atomic E-state index is 0.0268. The van der Waals surface area contributed by atoms with Gasteiger partial charge in [0, 0.05) is 6.54 Å². The van der Waals surface area contributed by atoms with E-state index in [1.54, 1.807) is 6.92 Å². The zero-order chi connectivity index (χ0) is 12.3. The molecular weight excluding hydrogens is 208 g/mol. The number of nitrogens with zero attached hydrogens (tertiary/aromatic N) is 2. The Balaban J connectivity index is 2.56. The summed E-state index contributed by atoms with van der Waals surface area (Å²) in [5.74, 6) is 0.0288. The number of Topliss-reactive ketones (excluding diaryl/α,β-unsaturated/α-hetero) is 1. The van der Waals surface area contributed by atoms with Gasteiger partial charge < -0.3 is 4.74 Å². The zero-order valence-electron chi connectivity index (χ0n) is 9.82. The molecule has 1 rings (SSSR count). The Morgan fingerprint density at radius 1 is 1.69 bits per heavy atom. The van der Waals surface area contributed by atoms with Gasteiger partial charge in [0.05, 0.1) is 19.2 Å². The summed E-state index contributed by atoms with van der Waals surface area (Å²) < 4.78 is 5.00. The van der Waals surface area contributed by atoms with E-state index in [2.05, 4.69) is 0 Å². The molecule has 5 nitrogen and oxygen atoms in total. The molecule has 5 heteroatoms. The molecule has 0 aromatic heterocycles. The highest BCUT2D eigenvalue weighted by atomic mass is 16.6. The number of likely N-dealkylation sites (tertiary alicyclic amines) is 1. The van der Waals surface area contributed by atoms with Crippen LogP contribution in [-0.2, 0) is 9.53 Å². The maximum absolute atomic E-state index is 11.5. The van der Waals surface area contributed by atoms with Crippen LogP contribution in [0.2, 0.25) is 0 Å². The quantitative estimate of drug-likeness (QED) is 0.706. The molecule has 0 radical (unpaired) electrons. The molecule has 0 aliphatic carbocycles. The lowest BCUT2D eigenvalue weighted by Crippen LogP contribution is -2.32. The number of ether oxygens (including phenoxy) is 1. The van der Waals surface area contributed by atoms with Crippen molar-refractivity contribution in [1.82, 2.24) is 4.90 Å². The molecule has 1 heterocycles. The predicted octanol–water partition coefficient (Wildman–Crippen LogP) is 1.19. The highest BCUT2D eigenvalue weighted by molar-refractivity contribution is 5.94. The van der Waals surface area contributed by atoms with E-state index in [0.29, 0.717) is 6.61 Å². The van der Waals surface area contributed by atoms with E-state index in [0.717, 1.165) is 0 Å². The highest BCUT2D eigenvalue weighted by Crippen LogP contribution is 2.25. The number of ketones is 1. The van der Waals surface area contributed by atoms with E-state index in [9.17, 15) is 9.59 Å². The number of nitriles is 1. The summed E-state index contributed by atoms with van der Waals surface area (Å²) >= 11 is 0. The summed E-state index contributed by atoms with van der Waals surface area (Å²) in [7, 11) is 0. The summed E-state index contributed by atoms with van der Waals surface area (Å²) in [4.78, 5) is 24.3. The molecule has 0 N–H and O–H groups in total. The first-order valence-electron chi connectivity index (χ1n) is 5.25. The molecule has 0 aromatic rings. The summed E-state index contributed by atoms with van der Waals surface area (Å²) in [5.41, 5.74) is -1.07. The number of hydrogen-bond acceptors (Lipinski definition) is 4. The average molecular weight is 224 g/mol. The Kier molecular flexibility index (Phi) is 3.53. The van der Waals surface area contributed by atoms with Gasteiger partial charge in [-0.15, -0.1) is 0 Å². The third-order valence-corrected chi connectivity index (χ3v) is 2.50. The van der Waals surface area contributed by atoms with Crippen LogP contribution in [0.5, 0.6) is 0 Å². The molecule has 16 heavy (non-hydrogen) atoms. The van der Waals surface area contributed by atoms with Crippen LogP contribution in [0.15, 0.2) is 0 Å². The van der Waals surface area contributed by atoms with Gasteiger partial charge in [0.1, 0.15) is 5.41 Å². The molecule has 1 amide bonds. The van der Waals surface area contributed by atoms with Gasteiger partial charge in [0.15, 0.2) is 5.78 Å². The Morgan fingerprint density at radius 2 is 2.31 bits per heavy atom. The summed E-state index contributed by atoms with van der Waals surface area (Å²) in [6.07, 6.45) is -0.513. The van der Waals surface area contributed by atoms with Crippen molar-refractivity contribution in [3.63, 3.8) is 0 Å². The lowest BCUT2D eigenvalue weighted by atomic mass is 9.91. The van der Waals surface area contributed by atoms with Crippen molar-refractivity contribution in [3.05, 3.63) is 0 Å². The smallest absolute Gasteiger partial charge is 0.410 e. The van der Waals surface area contributed by atoms with E-state index in [1.807, 2.05) is 19.9 Å². The largest absolute Gasteiger partial charge is 0.449 e. The molecule has 0 saturated carbocycles. The lowest BCUT2D eigenvalue weighted by Gasteiger charge is -2.17. The third-order valence-electron chi connectivity index (χ3n) is 2.50. The van der Waals surface area contributed by atoms with E-state index in [4.69, 9.17) is 10.00 Å². The average Bonchev–Trinajstić information content (AvgIpc) is 2.53. The fourth-order valence-electron chi connectivity index (χ4n) is 1.43. The first-order valence-corrected chi connectivity index (χ1v) is 5.25. The number of rotatable bonds is 2. The molecule has 0 bridgehead atoms. The lowest BCUT2D eigenvalue weighted by molar-refractivity contribution is -0.121. The van der Waals surface area contributed by atoms with Crippen LogP contribution < -0.4 is 0 Å². The minimum atomic E-state index is -1.07. The molecule has 1 aliphatic rings. The Labute approximate surface area is 95.0 Å². The van der Waals surface area contributed by atoms with Gasteiger partial charge in [0.25, 0.3) is 0 Å². The van der Waals surface area contributed by atoms with Crippen LogP contribution in [0.1, 0.15) is 20.8 Å². The Morgan fingerprint density at radius 3 is 2.75 bits per heavy atom. The topological polar surface area (TPSA) is 70.4 Å². The normalized spacial score (nSPS) is 24.7. The highest BCUT2D eigenvalue weighted by Gasteiger charge is 2.44. The van der Waals surface area contributed by atoms with Crippen molar-refractivity contribution in [2.75, 3.05) is 19.7 Å². The molecule has 0 spiro atoms. The molecule has 0 aromatic carbocycles. The van der Waals surface area contributed by atoms with Gasteiger partial charge in [-0.25, -0.2) is 4.79 Å². The molecule has 1 fully saturated rings. The number of carbonyl (C=O) groups excluding carboxylic acids is 2. The summed E-state index contributed by atoms with van der Waals surface area (Å²) in [5, 5.41) is 8.86. The Bertz CT molecular complexity index is 346. The van der Waals surface area contributed by atoms with Gasteiger partial charge >= 0.3 is 6.09 Å². The molecular formula is C11H16N2O3. The fraction of sp³-hybridized carbons (Fsp3) is 0.727. The fourth-order valence-corrected chi connectivity index (χ4v) is 1.43. The molecule has 1 saturated heterocycles. The summed E-state index contributed by atoms with van der Waals surface area (Å²) in [6.45, 7) is 5.84. The van der Waals surface area contributed by atoms with Crippen molar-refractivity contribution in [2.45, 2.75) is 20.8 Å². The van der Waals surface area contributed by atoms with Crippen molar-refractivity contribution in [3.8, 4) is 6.07 Å². The number of amides is 1. The van der Waals surface area contributed by atoms with Crippen LogP contribution in [0.3, 0.4) is 0 Å². The van der Waals surface area contributed by atoms with Crippen LogP contribution in [-0.4, -0.2) is 36.5 Å². The SMILES string of the molecule is CC(C)COC(=O)N1CC(=O)C(C)(C#N)C1. The molecule has 1 atom stereocenters. The van der Waals surface area contributed by atoms with Crippen LogP contribution in [0, 0.1) is 22.7 Å². The minimum Gasteiger partial charge on any atom is -0.449 e. The van der Waals surface area contributed by atoms with E-state index in [1.165, 1.54) is 4.90 Å². The van der Waals surface area contributed by atoms with Crippen molar-refractivity contribution in [1.29, 1.82) is 5.26 Å². The van der Waals surface area contributed by atoms with Gasteiger partial charge in [-0.3, -0.25) is 9.69 Å². The van der Waals surface area contributed by atoms with Gasteiger partial charge in [-0.2, -0.15) is 5.26 Å². The van der Waals surface area contributed by atoms with E-state index < -0.39 is 11.5 Å². The maximum atomic E-state index is 11.5. The second-order valence-electron chi connectivity index (χ2n) is 4.69. The number of hydrogen-bond donors (Lipinski definition) is 0. The first kappa shape index (κ1) is 12.5. The van der Waals surface area contributed by atoms with Crippen molar-refractivity contribution >= 4 is 11.9 Å². The van der Waals surface area contributed by atoms with Crippen LogP contribution in [0.25, 0.3) is 0 Å². The van der Waals surface area contributed by atoms with Gasteiger partial charge in [0.2, 0.25) is 0 Å². The maximum Gasteiger partial charge on any atom is 0.410 e. The molecule has 88 valence electrons. The Hall–Kier alpha value is -1.57. The predicted molar refractivity (Wildman–Crippen MR) is 56.5 cm³/mol. The second-order valence-corrected chi connectivity index (χ2v) is 4.69. The van der Waals surface area contributed by atoms with Crippen molar-refractivity contribution < 1.29 is 14.3 Å². The van der Waals surface area contributed by atoms with Gasteiger partial charge in [-0.1, -0.05) is 13.8 Å². The number of carbonyl (C=O) groups is 2. The molecule has 1 unspecified atom stereocenters. The first-order chi connectivity index (χ1) is 7.39. The van der Waals surface area contributed by atoms with E-state index in [-0.39, 0.29) is 24.8 Å². The van der Waals surface area contributed by atoms with Crippen molar-refractivity contribution in [2.24, 2.45) is 11.3 Å². The van der Waals surface area contributed by atoms with Gasteiger partial charge in [-0.05, 0) is 12.8 Å². The monoisotopic (exact) mass is 224 g/mol. The van der Waals surface area contributed by atoms with Crippen LogP contribution in [0.4, 0.5) is 4.79 Å². The van der Waals surface area contributed by atoms with Crippen LogP contribution >= 0.6 is 0 Å². The molecule has 1 aliphatic heterocycles. The van der Waals surface area contributed by atoms with E-state index >= 15 is 0 Å². The standard InChI is InChI=1S/C11H16N2O3/c1-8(2)5-16-10(15)13-4-9(14)11(3,6-12)7-13/h8H,4-5,7H2,1-3H3. The second kappa shape index (κ2) is 4.52. The third kappa shape index (κ3) is 2.51.